The molecule has 0 aliphatic heterocycles. The Kier molecular flexibility index (Phi) is 3.13. The van der Waals surface area contributed by atoms with E-state index in [0.29, 0.717) is 5.56 Å². The molecule has 0 saturated carbocycles. The predicted molar refractivity (Wildman–Crippen MR) is 79.2 cm³/mol. The van der Waals surface area contributed by atoms with Crippen LogP contribution in [-0.2, 0) is 0 Å². The molecule has 1 aromatic heterocycles. The second-order valence-electron chi connectivity index (χ2n) is 4.43. The largest absolute Gasteiger partial charge is 0.497 e. The van der Waals surface area contributed by atoms with Crippen LogP contribution in [0.25, 0.3) is 10.9 Å². The highest BCUT2D eigenvalue weighted by Crippen LogP contribution is 2.23. The van der Waals surface area contributed by atoms with Gasteiger partial charge in [-0.2, -0.15) is 0 Å². The van der Waals surface area contributed by atoms with E-state index in [4.69, 9.17) is 4.74 Å². The van der Waals surface area contributed by atoms with Crippen LogP contribution in [0.3, 0.4) is 0 Å². The first kappa shape index (κ1) is 12.3. The van der Waals surface area contributed by atoms with E-state index < -0.39 is 0 Å². The van der Waals surface area contributed by atoms with E-state index >= 15 is 0 Å². The minimum atomic E-state index is -0.132. The number of fused-ring (bicyclic) bond motifs is 1. The summed E-state index contributed by atoms with van der Waals surface area (Å²) in [6.45, 7) is 0. The highest BCUT2D eigenvalue weighted by molar-refractivity contribution is 6.12. The molecule has 0 spiro atoms. The number of methoxy groups -OCH3 is 1. The predicted octanol–water partition coefficient (Wildman–Crippen LogP) is 3.43. The standard InChI is InChI=1S/C16H14N2O2/c1-20-12-7-8-13-14(10-17-15(13)9-12)16(19)18-11-5-3-2-4-6-11/h2-10,17H,1H3,(H,18,19). The zero-order valence-electron chi connectivity index (χ0n) is 11.0. The van der Waals surface area contributed by atoms with Crippen LogP contribution in [0.15, 0.2) is 54.7 Å². The average Bonchev–Trinajstić information content (AvgIpc) is 2.91. The van der Waals surface area contributed by atoms with Crippen molar-refractivity contribution in [3.05, 3.63) is 60.3 Å². The van der Waals surface area contributed by atoms with Crippen molar-refractivity contribution >= 4 is 22.5 Å². The summed E-state index contributed by atoms with van der Waals surface area (Å²) in [5.41, 5.74) is 2.27. The van der Waals surface area contributed by atoms with E-state index in [1.165, 1.54) is 0 Å². The lowest BCUT2D eigenvalue weighted by Gasteiger charge is -2.04. The second-order valence-corrected chi connectivity index (χ2v) is 4.43. The van der Waals surface area contributed by atoms with Crippen LogP contribution in [0.1, 0.15) is 10.4 Å². The van der Waals surface area contributed by atoms with Crippen molar-refractivity contribution in [1.82, 2.24) is 4.98 Å². The van der Waals surface area contributed by atoms with Crippen LogP contribution in [-0.4, -0.2) is 18.0 Å². The molecule has 0 bridgehead atoms. The molecule has 0 saturated heterocycles. The van der Waals surface area contributed by atoms with Crippen molar-refractivity contribution in [1.29, 1.82) is 0 Å². The summed E-state index contributed by atoms with van der Waals surface area (Å²) >= 11 is 0. The van der Waals surface area contributed by atoms with Crippen LogP contribution >= 0.6 is 0 Å². The Bertz CT molecular complexity index is 748. The summed E-state index contributed by atoms with van der Waals surface area (Å²) in [7, 11) is 1.62. The summed E-state index contributed by atoms with van der Waals surface area (Å²) in [6.07, 6.45) is 1.71. The Morgan fingerprint density at radius 2 is 1.95 bits per heavy atom. The van der Waals surface area contributed by atoms with Gasteiger partial charge in [0.2, 0.25) is 0 Å². The summed E-state index contributed by atoms with van der Waals surface area (Å²) in [6, 6.07) is 15.0. The zero-order valence-corrected chi connectivity index (χ0v) is 11.0. The number of carbonyl (C=O) groups excluding carboxylic acids is 1. The van der Waals surface area contributed by atoms with Gasteiger partial charge in [-0.1, -0.05) is 18.2 Å². The molecule has 2 aromatic carbocycles. The first-order valence-corrected chi connectivity index (χ1v) is 6.29. The number of ether oxygens (including phenoxy) is 1. The fraction of sp³-hybridized carbons (Fsp3) is 0.0625. The molecule has 3 aromatic rings. The Labute approximate surface area is 116 Å². The maximum atomic E-state index is 12.3. The monoisotopic (exact) mass is 266 g/mol. The van der Waals surface area contributed by atoms with Crippen LogP contribution in [0, 0.1) is 0 Å². The Morgan fingerprint density at radius 3 is 2.70 bits per heavy atom. The van der Waals surface area contributed by atoms with E-state index in [2.05, 4.69) is 10.3 Å². The van der Waals surface area contributed by atoms with Gasteiger partial charge in [0.1, 0.15) is 5.75 Å². The van der Waals surface area contributed by atoms with E-state index in [1.54, 1.807) is 13.3 Å². The van der Waals surface area contributed by atoms with Crippen molar-refractivity contribution < 1.29 is 9.53 Å². The van der Waals surface area contributed by atoms with E-state index in [9.17, 15) is 4.79 Å². The minimum absolute atomic E-state index is 0.132. The first-order valence-electron chi connectivity index (χ1n) is 6.29. The molecule has 20 heavy (non-hydrogen) atoms. The van der Waals surface area contributed by atoms with Gasteiger partial charge >= 0.3 is 0 Å². The fourth-order valence-corrected chi connectivity index (χ4v) is 2.14. The highest BCUT2D eigenvalue weighted by atomic mass is 16.5. The lowest BCUT2D eigenvalue weighted by molar-refractivity contribution is 0.102. The molecule has 0 aliphatic rings. The van der Waals surface area contributed by atoms with Gasteiger partial charge in [-0.3, -0.25) is 4.79 Å². The zero-order chi connectivity index (χ0) is 13.9. The molecule has 0 unspecified atom stereocenters. The van der Waals surface area contributed by atoms with E-state index in [1.807, 2.05) is 48.5 Å². The number of benzene rings is 2. The van der Waals surface area contributed by atoms with Crippen molar-refractivity contribution in [2.45, 2.75) is 0 Å². The maximum Gasteiger partial charge on any atom is 0.257 e. The minimum Gasteiger partial charge on any atom is -0.497 e. The molecular formula is C16H14N2O2. The van der Waals surface area contributed by atoms with Crippen LogP contribution in [0.4, 0.5) is 5.69 Å². The van der Waals surface area contributed by atoms with E-state index in [0.717, 1.165) is 22.3 Å². The molecule has 2 N–H and O–H groups in total. The normalized spacial score (nSPS) is 10.4. The third-order valence-electron chi connectivity index (χ3n) is 3.17. The lowest BCUT2D eigenvalue weighted by Crippen LogP contribution is -2.11. The Hall–Kier alpha value is -2.75. The third-order valence-corrected chi connectivity index (χ3v) is 3.17. The summed E-state index contributed by atoms with van der Waals surface area (Å²) in [4.78, 5) is 15.4. The molecule has 3 rings (SSSR count). The van der Waals surface area contributed by atoms with Crippen LogP contribution < -0.4 is 10.1 Å². The number of hydrogen-bond acceptors (Lipinski definition) is 2. The molecule has 4 nitrogen and oxygen atoms in total. The Balaban J connectivity index is 1.92. The van der Waals surface area contributed by atoms with Gasteiger partial charge in [0.05, 0.1) is 12.7 Å². The van der Waals surface area contributed by atoms with Gasteiger partial charge in [-0.15, -0.1) is 0 Å². The first-order chi connectivity index (χ1) is 9.78. The SMILES string of the molecule is COc1ccc2c(C(=O)Nc3ccccc3)c[nH]c2c1. The molecule has 1 heterocycles. The van der Waals surface area contributed by atoms with Crippen molar-refractivity contribution in [2.24, 2.45) is 0 Å². The number of nitrogens with one attached hydrogen (secondary N) is 2. The molecule has 0 aliphatic carbocycles. The molecule has 4 heteroatoms. The molecule has 1 amide bonds. The number of amides is 1. The lowest BCUT2D eigenvalue weighted by atomic mass is 10.1. The maximum absolute atomic E-state index is 12.3. The van der Waals surface area contributed by atoms with Gasteiger partial charge in [-0.05, 0) is 24.3 Å². The van der Waals surface area contributed by atoms with Gasteiger partial charge in [0.15, 0.2) is 0 Å². The van der Waals surface area contributed by atoms with Crippen LogP contribution in [0.2, 0.25) is 0 Å². The number of anilines is 1. The quantitative estimate of drug-likeness (QED) is 0.763. The topological polar surface area (TPSA) is 54.1 Å². The molecule has 0 radical (unpaired) electrons. The number of para-hydroxylation sites is 1. The molecule has 100 valence electrons. The smallest absolute Gasteiger partial charge is 0.257 e. The number of aromatic amines is 1. The third kappa shape index (κ3) is 2.23. The number of hydrogen-bond donors (Lipinski definition) is 2. The highest BCUT2D eigenvalue weighted by Gasteiger charge is 2.12. The number of aromatic nitrogens is 1. The van der Waals surface area contributed by atoms with Crippen molar-refractivity contribution in [3.8, 4) is 5.75 Å². The van der Waals surface area contributed by atoms with Gasteiger partial charge in [0.25, 0.3) is 5.91 Å². The average molecular weight is 266 g/mol. The number of carbonyl (C=O) groups is 1. The fourth-order valence-electron chi connectivity index (χ4n) is 2.14. The van der Waals surface area contributed by atoms with Gasteiger partial charge < -0.3 is 15.0 Å². The van der Waals surface area contributed by atoms with Crippen molar-refractivity contribution in [2.75, 3.05) is 12.4 Å². The summed E-state index contributed by atoms with van der Waals surface area (Å²) < 4.78 is 5.17. The van der Waals surface area contributed by atoms with Gasteiger partial charge in [0, 0.05) is 28.9 Å². The summed E-state index contributed by atoms with van der Waals surface area (Å²) in [5.74, 6) is 0.627. The van der Waals surface area contributed by atoms with E-state index in [-0.39, 0.29) is 5.91 Å². The Morgan fingerprint density at radius 1 is 1.15 bits per heavy atom. The van der Waals surface area contributed by atoms with Gasteiger partial charge in [-0.25, -0.2) is 0 Å². The molecule has 0 atom stereocenters. The second kappa shape index (κ2) is 5.09. The summed E-state index contributed by atoms with van der Waals surface area (Å²) in [5, 5.41) is 3.75. The number of rotatable bonds is 3. The molecule has 0 fully saturated rings. The van der Waals surface area contributed by atoms with Crippen LogP contribution in [0.5, 0.6) is 5.75 Å². The van der Waals surface area contributed by atoms with Crippen molar-refractivity contribution in [3.63, 3.8) is 0 Å². The number of H-pyrrole nitrogens is 1. The molecular weight excluding hydrogens is 252 g/mol.